The Bertz CT molecular complexity index is 1340. The van der Waals surface area contributed by atoms with Crippen LogP contribution in [0.1, 0.15) is 24.5 Å². The maximum absolute atomic E-state index is 12.7. The van der Waals surface area contributed by atoms with Crippen LogP contribution in [-0.4, -0.2) is 52.6 Å². The van der Waals surface area contributed by atoms with Crippen molar-refractivity contribution in [1.82, 2.24) is 9.80 Å². The van der Waals surface area contributed by atoms with E-state index in [1.165, 1.54) is 41.0 Å². The molecule has 0 radical (unpaired) electrons. The minimum atomic E-state index is -4.75. The van der Waals surface area contributed by atoms with Crippen molar-refractivity contribution in [2.45, 2.75) is 38.3 Å². The first-order valence-electron chi connectivity index (χ1n) is 11.6. The van der Waals surface area contributed by atoms with E-state index in [-0.39, 0.29) is 29.3 Å². The number of pyridine rings is 1. The largest absolute Gasteiger partial charge is 0.573 e. The van der Waals surface area contributed by atoms with Gasteiger partial charge in [-0.1, -0.05) is 6.08 Å². The van der Waals surface area contributed by atoms with Crippen LogP contribution in [0.2, 0.25) is 0 Å². The predicted octanol–water partition coefficient (Wildman–Crippen LogP) is 1.40. The molecule has 0 saturated carbocycles. The van der Waals surface area contributed by atoms with Gasteiger partial charge in [-0.25, -0.2) is 4.57 Å². The van der Waals surface area contributed by atoms with Crippen LogP contribution in [0.4, 0.5) is 13.2 Å². The highest BCUT2D eigenvalue weighted by atomic mass is 19.4. The van der Waals surface area contributed by atoms with Crippen LogP contribution in [0.5, 0.6) is 5.75 Å². The van der Waals surface area contributed by atoms with Crippen molar-refractivity contribution in [2.75, 3.05) is 6.54 Å². The van der Waals surface area contributed by atoms with E-state index in [1.54, 1.807) is 30.6 Å². The van der Waals surface area contributed by atoms with E-state index in [2.05, 4.69) is 4.74 Å². The summed E-state index contributed by atoms with van der Waals surface area (Å²) in [6, 6.07) is 8.22. The maximum Gasteiger partial charge on any atom is 0.573 e. The van der Waals surface area contributed by atoms with E-state index in [4.69, 9.17) is 0 Å². The highest BCUT2D eigenvalue weighted by Gasteiger charge is 2.62. The van der Waals surface area contributed by atoms with Gasteiger partial charge < -0.3 is 24.4 Å². The van der Waals surface area contributed by atoms with Gasteiger partial charge in [0.25, 0.3) is 5.91 Å². The number of alkyl halides is 3. The zero-order valence-corrected chi connectivity index (χ0v) is 19.6. The van der Waals surface area contributed by atoms with Gasteiger partial charge in [-0.2, -0.15) is 0 Å². The molecule has 5 rings (SSSR count). The van der Waals surface area contributed by atoms with Crippen molar-refractivity contribution in [3.05, 3.63) is 77.3 Å². The number of carboxylic acids is 1. The summed E-state index contributed by atoms with van der Waals surface area (Å²) in [5.41, 5.74) is 1.79. The number of carboxylic acid groups (broad SMARTS) is 1. The number of halogens is 3. The number of carbonyl (C=O) groups is 3. The van der Waals surface area contributed by atoms with Crippen LogP contribution >= 0.6 is 0 Å². The Morgan fingerprint density at radius 1 is 1.19 bits per heavy atom. The summed E-state index contributed by atoms with van der Waals surface area (Å²) in [7, 11) is 0. The molecular weight excluding hydrogens is 491 g/mol. The van der Waals surface area contributed by atoms with E-state index in [0.29, 0.717) is 25.1 Å². The summed E-state index contributed by atoms with van der Waals surface area (Å²) in [4.78, 5) is 39.4. The molecule has 3 aliphatic heterocycles. The smallest absolute Gasteiger partial charge is 0.543 e. The third-order valence-corrected chi connectivity index (χ3v) is 6.87. The molecule has 37 heavy (non-hydrogen) atoms. The summed E-state index contributed by atoms with van der Waals surface area (Å²) < 4.78 is 42.8. The number of hydrogen-bond donors (Lipinski definition) is 0. The number of ether oxygens (including phenoxy) is 1. The molecule has 0 aliphatic carbocycles. The minimum Gasteiger partial charge on any atom is -0.543 e. The van der Waals surface area contributed by atoms with Crippen LogP contribution in [-0.2, 0) is 20.9 Å². The van der Waals surface area contributed by atoms with Crippen LogP contribution in [0, 0.1) is 5.92 Å². The molecule has 1 aromatic heterocycles. The second-order valence-electron chi connectivity index (χ2n) is 9.28. The molecule has 0 bridgehead atoms. The van der Waals surface area contributed by atoms with Crippen LogP contribution in [0.3, 0.4) is 0 Å². The molecule has 2 amide bonds. The number of benzene rings is 1. The number of rotatable bonds is 6. The monoisotopic (exact) mass is 513 g/mol. The van der Waals surface area contributed by atoms with E-state index in [9.17, 15) is 32.7 Å². The van der Waals surface area contributed by atoms with E-state index in [1.807, 2.05) is 10.6 Å². The van der Waals surface area contributed by atoms with Crippen LogP contribution in [0.15, 0.2) is 66.1 Å². The molecule has 0 spiro atoms. The molecule has 8 nitrogen and oxygen atoms in total. The molecule has 0 N–H and O–H groups in total. The molecule has 11 heteroatoms. The summed E-state index contributed by atoms with van der Waals surface area (Å²) in [5.74, 6) is -2.41. The second-order valence-corrected chi connectivity index (χ2v) is 9.28. The first-order chi connectivity index (χ1) is 17.5. The lowest BCUT2D eigenvalue weighted by molar-refractivity contribution is -0.688. The Labute approximate surface area is 209 Å². The molecule has 2 fully saturated rings. The highest BCUT2D eigenvalue weighted by molar-refractivity contribution is 6.02. The van der Waals surface area contributed by atoms with Crippen molar-refractivity contribution in [3.8, 4) is 5.75 Å². The van der Waals surface area contributed by atoms with Gasteiger partial charge in [0, 0.05) is 36.6 Å². The fourth-order valence-electron chi connectivity index (χ4n) is 5.38. The van der Waals surface area contributed by atoms with Gasteiger partial charge >= 0.3 is 6.36 Å². The fourth-order valence-corrected chi connectivity index (χ4v) is 5.38. The van der Waals surface area contributed by atoms with Crippen LogP contribution in [0.25, 0.3) is 6.08 Å². The lowest BCUT2D eigenvalue weighted by atomic mass is 9.79. The van der Waals surface area contributed by atoms with E-state index < -0.39 is 24.3 Å². The molecule has 4 heterocycles. The summed E-state index contributed by atoms with van der Waals surface area (Å²) in [6.07, 6.45) is 2.63. The number of hydrogen-bond acceptors (Lipinski definition) is 5. The summed E-state index contributed by atoms with van der Waals surface area (Å²) >= 11 is 0. The number of aromatic nitrogens is 1. The first kappa shape index (κ1) is 24.5. The standard InChI is InChI=1S/C26H22F3N3O5/c1-15(33)31-14-19-11-18(22(25(35)36)32-21(19)23(31)24(32)34)7-4-16-3-2-10-30(12-16)13-17-5-8-20(9-6-17)37-26(27,28)29/h2-10,12,19,21,23H,11,13-14H2,1H3/b7-4+/t19?,21-,23?/m1/s1. The highest BCUT2D eigenvalue weighted by Crippen LogP contribution is 2.47. The minimum absolute atomic E-state index is 0.0562. The van der Waals surface area contributed by atoms with Crippen molar-refractivity contribution in [2.24, 2.45) is 5.92 Å². The Morgan fingerprint density at radius 2 is 1.92 bits per heavy atom. The number of β-lactam (4-membered cyclic amide) rings is 1. The maximum atomic E-state index is 12.7. The summed E-state index contributed by atoms with van der Waals surface area (Å²) in [5, 5.41) is 12.0. The SMILES string of the molecule is CC(=O)N1CC2CC(/C=C/c3ccc[n+](Cc4ccc(OC(F)(F)F)cc4)c3)=C(C(=O)[O-])N3C(=O)C1[C@@H]23. The molecule has 2 saturated heterocycles. The Balaban J connectivity index is 1.34. The van der Waals surface area contributed by atoms with Gasteiger partial charge in [0.15, 0.2) is 18.9 Å². The van der Waals surface area contributed by atoms with Crippen LogP contribution < -0.4 is 14.4 Å². The topological polar surface area (TPSA) is 93.9 Å². The van der Waals surface area contributed by atoms with Crippen molar-refractivity contribution >= 4 is 23.9 Å². The van der Waals surface area contributed by atoms with Gasteiger partial charge in [-0.05, 0) is 48.4 Å². The zero-order chi connectivity index (χ0) is 26.5. The Kier molecular flexibility index (Phi) is 6.01. The van der Waals surface area contributed by atoms with Gasteiger partial charge in [-0.15, -0.1) is 13.2 Å². The summed E-state index contributed by atoms with van der Waals surface area (Å²) in [6.45, 7) is 2.18. The Morgan fingerprint density at radius 3 is 2.57 bits per heavy atom. The molecule has 2 unspecified atom stereocenters. The van der Waals surface area contributed by atoms with Gasteiger partial charge in [0.2, 0.25) is 5.91 Å². The fraction of sp³-hybridized carbons (Fsp3) is 0.308. The zero-order valence-electron chi connectivity index (χ0n) is 19.6. The average molecular weight is 513 g/mol. The Hall–Kier alpha value is -4.15. The van der Waals surface area contributed by atoms with Crippen molar-refractivity contribution in [1.29, 1.82) is 0 Å². The van der Waals surface area contributed by atoms with E-state index >= 15 is 0 Å². The normalized spacial score (nSPS) is 22.8. The molecule has 3 atom stereocenters. The molecule has 3 aliphatic rings. The third kappa shape index (κ3) is 4.68. The van der Waals surface area contributed by atoms with E-state index in [0.717, 1.165) is 11.1 Å². The van der Waals surface area contributed by atoms with Gasteiger partial charge in [-0.3, -0.25) is 9.59 Å². The molecule has 192 valence electrons. The average Bonchev–Trinajstić information content (AvgIpc) is 3.19. The number of allylic oxidation sites excluding steroid dienone is 2. The number of likely N-dealkylation sites (tertiary alicyclic amines) is 1. The lowest BCUT2D eigenvalue weighted by Crippen LogP contribution is -2.69. The second kappa shape index (κ2) is 9.06. The number of amides is 2. The number of aliphatic carboxylic acids is 1. The number of nitrogens with zero attached hydrogens (tertiary/aromatic N) is 3. The number of carbonyl (C=O) groups excluding carboxylic acids is 3. The van der Waals surface area contributed by atoms with Crippen molar-refractivity contribution < 1.29 is 42.0 Å². The molecule has 2 aromatic rings. The van der Waals surface area contributed by atoms with Crippen molar-refractivity contribution in [3.63, 3.8) is 0 Å². The quantitative estimate of drug-likeness (QED) is 0.430. The lowest BCUT2D eigenvalue weighted by Gasteiger charge is -2.50. The third-order valence-electron chi connectivity index (χ3n) is 6.87. The molecular formula is C26H22F3N3O5. The predicted molar refractivity (Wildman–Crippen MR) is 120 cm³/mol. The molecule has 1 aromatic carbocycles. The first-order valence-corrected chi connectivity index (χ1v) is 11.6. The van der Waals surface area contributed by atoms with Gasteiger partial charge in [0.05, 0.1) is 17.7 Å². The van der Waals surface area contributed by atoms with Gasteiger partial charge in [0.1, 0.15) is 11.8 Å².